The van der Waals surface area contributed by atoms with Gasteiger partial charge >= 0.3 is 0 Å². The maximum atomic E-state index is 13.1. The van der Waals surface area contributed by atoms with Crippen LogP contribution in [0.3, 0.4) is 0 Å². The fourth-order valence-electron chi connectivity index (χ4n) is 4.32. The molecule has 0 spiro atoms. The Hall–Kier alpha value is -3.16. The third kappa shape index (κ3) is 7.92. The Kier molecular flexibility index (Phi) is 11.4. The lowest BCUT2D eigenvalue weighted by atomic mass is 9.97. The standard InChI is InChI=1S/C30H39ClN4O3/c1-4-6-12-26-33-28(31)25(20-36)35(26)19-23-13-15-24(16-14-23)29(37)34-27(21(3)5-2)30(38)32-18-17-22-10-8-7-9-11-22/h7-11,13-16,21,27,36H,4-6,12,17-20H2,1-3H3,(H,32,38)(H,34,37). The minimum absolute atomic E-state index is 0.0145. The van der Waals surface area contributed by atoms with Gasteiger partial charge in [0.1, 0.15) is 11.9 Å². The lowest BCUT2D eigenvalue weighted by molar-refractivity contribution is -0.124. The second kappa shape index (κ2) is 14.7. The molecule has 204 valence electrons. The first-order valence-electron chi connectivity index (χ1n) is 13.4. The van der Waals surface area contributed by atoms with Crippen molar-refractivity contribution in [1.29, 1.82) is 0 Å². The Morgan fingerprint density at radius 2 is 1.74 bits per heavy atom. The van der Waals surface area contributed by atoms with Crippen LogP contribution in [0.2, 0.25) is 5.15 Å². The number of amides is 2. The van der Waals surface area contributed by atoms with Crippen LogP contribution in [0.4, 0.5) is 0 Å². The number of nitrogens with one attached hydrogen (secondary N) is 2. The van der Waals surface area contributed by atoms with Crippen LogP contribution in [0.25, 0.3) is 0 Å². The zero-order valence-electron chi connectivity index (χ0n) is 22.5. The summed E-state index contributed by atoms with van der Waals surface area (Å²) in [6.45, 7) is 6.91. The van der Waals surface area contributed by atoms with E-state index in [0.717, 1.165) is 49.1 Å². The molecule has 0 aliphatic rings. The average Bonchev–Trinajstić information content (AvgIpc) is 3.24. The molecule has 2 amide bonds. The molecule has 0 aliphatic heterocycles. The summed E-state index contributed by atoms with van der Waals surface area (Å²) in [6.07, 6.45) is 4.29. The molecular formula is C30H39ClN4O3. The molecule has 3 rings (SSSR count). The number of rotatable bonds is 14. The highest BCUT2D eigenvalue weighted by atomic mass is 35.5. The Morgan fingerprint density at radius 1 is 1.03 bits per heavy atom. The molecule has 1 heterocycles. The van der Waals surface area contributed by atoms with E-state index in [-0.39, 0.29) is 24.3 Å². The van der Waals surface area contributed by atoms with Crippen molar-refractivity contribution in [2.45, 2.75) is 72.1 Å². The molecule has 3 N–H and O–H groups in total. The maximum absolute atomic E-state index is 13.1. The molecule has 8 heteroatoms. The highest BCUT2D eigenvalue weighted by Crippen LogP contribution is 2.21. The van der Waals surface area contributed by atoms with E-state index in [9.17, 15) is 14.7 Å². The van der Waals surface area contributed by atoms with Gasteiger partial charge in [0.2, 0.25) is 5.91 Å². The molecule has 2 unspecified atom stereocenters. The number of nitrogens with zero attached hydrogens (tertiary/aromatic N) is 2. The van der Waals surface area contributed by atoms with Crippen molar-refractivity contribution in [2.24, 2.45) is 5.92 Å². The van der Waals surface area contributed by atoms with E-state index in [1.165, 1.54) is 0 Å². The number of imidazole rings is 1. The van der Waals surface area contributed by atoms with Crippen molar-refractivity contribution < 1.29 is 14.7 Å². The third-order valence-corrected chi connectivity index (χ3v) is 7.20. The molecule has 0 radical (unpaired) electrons. The van der Waals surface area contributed by atoms with Gasteiger partial charge in [0, 0.05) is 25.1 Å². The van der Waals surface area contributed by atoms with Crippen molar-refractivity contribution in [1.82, 2.24) is 20.2 Å². The third-order valence-electron chi connectivity index (χ3n) is 6.90. The van der Waals surface area contributed by atoms with Crippen LogP contribution in [0.5, 0.6) is 0 Å². The van der Waals surface area contributed by atoms with Gasteiger partial charge in [-0.2, -0.15) is 0 Å². The molecule has 7 nitrogen and oxygen atoms in total. The first-order valence-corrected chi connectivity index (χ1v) is 13.8. The number of carbonyl (C=O) groups is 2. The number of aliphatic hydroxyl groups is 1. The van der Waals surface area contributed by atoms with Crippen molar-refractivity contribution >= 4 is 23.4 Å². The number of halogens is 1. The van der Waals surface area contributed by atoms with Gasteiger partial charge in [0.05, 0.1) is 12.3 Å². The van der Waals surface area contributed by atoms with E-state index in [1.54, 1.807) is 12.1 Å². The first-order chi connectivity index (χ1) is 18.4. The summed E-state index contributed by atoms with van der Waals surface area (Å²) >= 11 is 6.26. The van der Waals surface area contributed by atoms with Crippen molar-refractivity contribution in [2.75, 3.05) is 6.54 Å². The lowest BCUT2D eigenvalue weighted by Crippen LogP contribution is -2.50. The summed E-state index contributed by atoms with van der Waals surface area (Å²) in [5, 5.41) is 16.1. The van der Waals surface area contributed by atoms with Gasteiger partial charge in [-0.1, -0.05) is 87.7 Å². The molecule has 2 aromatic carbocycles. The SMILES string of the molecule is CCCCc1nc(Cl)c(CO)n1Cc1ccc(C(=O)NC(C(=O)NCCc2ccccc2)C(C)CC)cc1. The molecule has 0 bridgehead atoms. The number of unbranched alkanes of at least 4 members (excludes halogenated alkanes) is 1. The highest BCUT2D eigenvalue weighted by Gasteiger charge is 2.26. The smallest absolute Gasteiger partial charge is 0.251 e. The van der Waals surface area contributed by atoms with Crippen LogP contribution in [-0.4, -0.2) is 39.1 Å². The van der Waals surface area contributed by atoms with Crippen molar-refractivity contribution in [3.05, 3.63) is 88.0 Å². The molecule has 0 saturated heterocycles. The normalized spacial score (nSPS) is 12.7. The fraction of sp³-hybridized carbons (Fsp3) is 0.433. The van der Waals surface area contributed by atoms with Gasteiger partial charge in [0.15, 0.2) is 5.15 Å². The lowest BCUT2D eigenvalue weighted by Gasteiger charge is -2.23. The number of hydrogen-bond donors (Lipinski definition) is 3. The minimum atomic E-state index is -0.621. The van der Waals surface area contributed by atoms with Crippen LogP contribution in [0, 0.1) is 5.92 Å². The number of carbonyl (C=O) groups excluding carboxylic acids is 2. The molecule has 38 heavy (non-hydrogen) atoms. The maximum Gasteiger partial charge on any atom is 0.251 e. The molecule has 0 aliphatic carbocycles. The summed E-state index contributed by atoms with van der Waals surface area (Å²) in [5.74, 6) is 0.371. The summed E-state index contributed by atoms with van der Waals surface area (Å²) in [7, 11) is 0. The first kappa shape index (κ1) is 29.4. The topological polar surface area (TPSA) is 96.2 Å². The van der Waals surface area contributed by atoms with E-state index >= 15 is 0 Å². The van der Waals surface area contributed by atoms with Gasteiger partial charge in [-0.25, -0.2) is 4.98 Å². The van der Waals surface area contributed by atoms with Crippen molar-refractivity contribution in [3.63, 3.8) is 0 Å². The molecule has 0 fully saturated rings. The zero-order valence-corrected chi connectivity index (χ0v) is 23.3. The number of benzene rings is 2. The van der Waals surface area contributed by atoms with Crippen molar-refractivity contribution in [3.8, 4) is 0 Å². The van der Waals surface area contributed by atoms with Crippen LogP contribution in [0.1, 0.15) is 73.0 Å². The molecular weight excluding hydrogens is 500 g/mol. The predicted octanol–water partition coefficient (Wildman–Crippen LogP) is 4.92. The Bertz CT molecular complexity index is 1180. The van der Waals surface area contributed by atoms with Gasteiger partial charge in [-0.15, -0.1) is 0 Å². The second-order valence-electron chi connectivity index (χ2n) is 9.67. The van der Waals surface area contributed by atoms with Gasteiger partial charge in [0.25, 0.3) is 5.91 Å². The van der Waals surface area contributed by atoms with Crippen LogP contribution in [-0.2, 0) is 30.8 Å². The molecule has 1 aromatic heterocycles. The Balaban J connectivity index is 1.65. The largest absolute Gasteiger partial charge is 0.390 e. The van der Waals surface area contributed by atoms with E-state index in [4.69, 9.17) is 11.6 Å². The number of aliphatic hydroxyl groups excluding tert-OH is 1. The quantitative estimate of drug-likeness (QED) is 0.271. The zero-order chi connectivity index (χ0) is 27.5. The molecule has 0 saturated carbocycles. The minimum Gasteiger partial charge on any atom is -0.390 e. The summed E-state index contributed by atoms with van der Waals surface area (Å²) in [4.78, 5) is 30.5. The monoisotopic (exact) mass is 538 g/mol. The van der Waals surface area contributed by atoms with E-state index in [1.807, 2.05) is 60.9 Å². The summed E-state index contributed by atoms with van der Waals surface area (Å²) in [5.41, 5.74) is 3.18. The summed E-state index contributed by atoms with van der Waals surface area (Å²) < 4.78 is 1.95. The van der Waals surface area contributed by atoms with Gasteiger partial charge < -0.3 is 20.3 Å². The number of hydrogen-bond acceptors (Lipinski definition) is 4. The molecule has 3 aromatic rings. The highest BCUT2D eigenvalue weighted by molar-refractivity contribution is 6.30. The van der Waals surface area contributed by atoms with Crippen LogP contribution < -0.4 is 10.6 Å². The van der Waals surface area contributed by atoms with Crippen LogP contribution >= 0.6 is 11.6 Å². The predicted molar refractivity (Wildman–Crippen MR) is 151 cm³/mol. The fourth-order valence-corrected chi connectivity index (χ4v) is 4.58. The summed E-state index contributed by atoms with van der Waals surface area (Å²) in [6, 6.07) is 16.6. The van der Waals surface area contributed by atoms with E-state index in [0.29, 0.717) is 29.5 Å². The van der Waals surface area contributed by atoms with Crippen LogP contribution in [0.15, 0.2) is 54.6 Å². The van der Waals surface area contributed by atoms with E-state index < -0.39 is 6.04 Å². The Labute approximate surface area is 230 Å². The van der Waals surface area contributed by atoms with Gasteiger partial charge in [-0.05, 0) is 42.0 Å². The number of aryl methyl sites for hydroxylation is 1. The van der Waals surface area contributed by atoms with E-state index in [2.05, 4.69) is 22.5 Å². The number of aromatic nitrogens is 2. The van der Waals surface area contributed by atoms with Gasteiger partial charge in [-0.3, -0.25) is 9.59 Å². The second-order valence-corrected chi connectivity index (χ2v) is 10.0. The molecule has 2 atom stereocenters. The Morgan fingerprint density at radius 3 is 2.37 bits per heavy atom. The average molecular weight is 539 g/mol.